The van der Waals surface area contributed by atoms with E-state index in [0.29, 0.717) is 16.9 Å². The van der Waals surface area contributed by atoms with Crippen LogP contribution in [0.4, 0.5) is 5.95 Å². The van der Waals surface area contributed by atoms with Crippen molar-refractivity contribution in [3.05, 3.63) is 23.2 Å². The van der Waals surface area contributed by atoms with Crippen molar-refractivity contribution in [1.29, 1.82) is 0 Å². The maximum atomic E-state index is 5.98. The third kappa shape index (κ3) is 2.00. The van der Waals surface area contributed by atoms with Gasteiger partial charge in [-0.15, -0.1) is 0 Å². The topological polar surface area (TPSA) is 43.8 Å². The van der Waals surface area contributed by atoms with E-state index in [-0.39, 0.29) is 0 Å². The highest BCUT2D eigenvalue weighted by Crippen LogP contribution is 2.38. The molecule has 1 aliphatic carbocycles. The number of aromatic nitrogens is 2. The highest BCUT2D eigenvalue weighted by molar-refractivity contribution is 6.31. The third-order valence-electron chi connectivity index (χ3n) is 3.64. The number of halogens is 1. The molecule has 2 N–H and O–H groups in total. The minimum Gasteiger partial charge on any atom is -0.369 e. The lowest BCUT2D eigenvalue weighted by atomic mass is 10.1. The fraction of sp³-hybridized carbons (Fsp3) is 0.462. The van der Waals surface area contributed by atoms with Gasteiger partial charge in [-0.05, 0) is 42.9 Å². The maximum absolute atomic E-state index is 5.98. The second-order valence-corrected chi connectivity index (χ2v) is 5.46. The van der Waals surface area contributed by atoms with Gasteiger partial charge in [-0.3, -0.25) is 0 Å². The van der Waals surface area contributed by atoms with Crippen molar-refractivity contribution < 1.29 is 0 Å². The Morgan fingerprint density at radius 2 is 2.29 bits per heavy atom. The average Bonchev–Trinajstić information content (AvgIpc) is 3.06. The average molecular weight is 250 g/mol. The summed E-state index contributed by atoms with van der Waals surface area (Å²) in [5.74, 6) is 2.14. The van der Waals surface area contributed by atoms with E-state index in [1.165, 1.54) is 12.8 Å². The summed E-state index contributed by atoms with van der Waals surface area (Å²) in [6, 6.07) is 5.76. The number of anilines is 1. The second-order valence-electron chi connectivity index (χ2n) is 5.03. The summed E-state index contributed by atoms with van der Waals surface area (Å²) in [5, 5.41) is 0.706. The van der Waals surface area contributed by atoms with Crippen molar-refractivity contribution in [3.8, 4) is 0 Å². The first-order valence-electron chi connectivity index (χ1n) is 6.06. The molecule has 1 aliphatic rings. The molecular weight excluding hydrogens is 234 g/mol. The van der Waals surface area contributed by atoms with Gasteiger partial charge in [-0.1, -0.05) is 18.5 Å². The van der Waals surface area contributed by atoms with Crippen molar-refractivity contribution in [2.24, 2.45) is 11.8 Å². The van der Waals surface area contributed by atoms with E-state index in [2.05, 4.69) is 16.5 Å². The Hall–Kier alpha value is -1.22. The lowest BCUT2D eigenvalue weighted by molar-refractivity contribution is 0.439. The number of imidazole rings is 1. The molecule has 4 heteroatoms. The van der Waals surface area contributed by atoms with Gasteiger partial charge in [0, 0.05) is 11.6 Å². The number of nitrogens with zero attached hydrogens (tertiary/aromatic N) is 2. The minimum absolute atomic E-state index is 0.592. The molecule has 1 atom stereocenters. The number of nitrogen functional groups attached to an aromatic ring is 1. The van der Waals surface area contributed by atoms with Crippen molar-refractivity contribution in [3.63, 3.8) is 0 Å². The Kier molecular flexibility index (Phi) is 2.51. The van der Waals surface area contributed by atoms with E-state index in [9.17, 15) is 0 Å². The molecule has 1 aromatic heterocycles. The van der Waals surface area contributed by atoms with Gasteiger partial charge in [0.1, 0.15) is 0 Å². The van der Waals surface area contributed by atoms with Crippen molar-refractivity contribution in [2.45, 2.75) is 26.3 Å². The van der Waals surface area contributed by atoms with Crippen LogP contribution in [0.2, 0.25) is 5.02 Å². The van der Waals surface area contributed by atoms with Gasteiger partial charge in [-0.25, -0.2) is 4.98 Å². The fourth-order valence-corrected chi connectivity index (χ4v) is 2.58. The van der Waals surface area contributed by atoms with E-state index in [0.717, 1.165) is 23.5 Å². The molecule has 1 unspecified atom stereocenters. The molecular formula is C13H16ClN3. The summed E-state index contributed by atoms with van der Waals surface area (Å²) >= 11 is 5.96. The zero-order valence-electron chi connectivity index (χ0n) is 9.86. The second kappa shape index (κ2) is 3.91. The summed E-state index contributed by atoms with van der Waals surface area (Å²) in [5.41, 5.74) is 7.95. The molecule has 0 bridgehead atoms. The Labute approximate surface area is 106 Å². The van der Waals surface area contributed by atoms with Crippen LogP contribution < -0.4 is 5.73 Å². The summed E-state index contributed by atoms with van der Waals surface area (Å²) in [6.07, 6.45) is 2.72. The van der Waals surface area contributed by atoms with Gasteiger partial charge in [0.25, 0.3) is 0 Å². The molecule has 1 fully saturated rings. The van der Waals surface area contributed by atoms with Crippen LogP contribution in [0.3, 0.4) is 0 Å². The zero-order chi connectivity index (χ0) is 12.0. The van der Waals surface area contributed by atoms with Gasteiger partial charge in [0.05, 0.1) is 11.0 Å². The first-order valence-corrected chi connectivity index (χ1v) is 6.44. The summed E-state index contributed by atoms with van der Waals surface area (Å²) in [7, 11) is 0. The molecule has 1 heterocycles. The third-order valence-corrected chi connectivity index (χ3v) is 3.87. The molecule has 0 spiro atoms. The summed E-state index contributed by atoms with van der Waals surface area (Å²) in [6.45, 7) is 3.24. The van der Waals surface area contributed by atoms with Crippen LogP contribution in [0, 0.1) is 11.8 Å². The van der Waals surface area contributed by atoms with Crippen molar-refractivity contribution in [2.75, 3.05) is 5.73 Å². The van der Waals surface area contributed by atoms with E-state index < -0.39 is 0 Å². The molecule has 3 nitrogen and oxygen atoms in total. The van der Waals surface area contributed by atoms with Crippen LogP contribution in [0.5, 0.6) is 0 Å². The quantitative estimate of drug-likeness (QED) is 0.907. The summed E-state index contributed by atoms with van der Waals surface area (Å²) < 4.78 is 2.11. The Balaban J connectivity index is 1.99. The number of rotatable bonds is 3. The van der Waals surface area contributed by atoms with Gasteiger partial charge in [0.15, 0.2) is 0 Å². The molecule has 3 rings (SSSR count). The predicted molar refractivity (Wildman–Crippen MR) is 71.0 cm³/mol. The van der Waals surface area contributed by atoms with Crippen LogP contribution in [0.25, 0.3) is 11.0 Å². The molecule has 0 radical (unpaired) electrons. The van der Waals surface area contributed by atoms with Crippen molar-refractivity contribution in [1.82, 2.24) is 9.55 Å². The predicted octanol–water partition coefficient (Wildman–Crippen LogP) is 3.32. The molecule has 17 heavy (non-hydrogen) atoms. The Bertz CT molecular complexity index is 557. The normalized spacial score (nSPS) is 17.5. The standard InChI is InChI=1S/C13H16ClN3/c1-8(9-2-3-9)7-17-12-5-4-10(14)6-11(12)16-13(17)15/h4-6,8-9H,2-3,7H2,1H3,(H2,15,16). The first kappa shape index (κ1) is 10.9. The molecule has 1 aromatic carbocycles. The number of hydrogen-bond acceptors (Lipinski definition) is 2. The number of benzene rings is 1. The van der Waals surface area contributed by atoms with Crippen LogP contribution in [-0.2, 0) is 6.54 Å². The van der Waals surface area contributed by atoms with Gasteiger partial charge in [0.2, 0.25) is 5.95 Å². The lowest BCUT2D eigenvalue weighted by Crippen LogP contribution is -2.11. The molecule has 0 amide bonds. The SMILES string of the molecule is CC(Cn1c(N)nc2cc(Cl)ccc21)C1CC1. The van der Waals surface area contributed by atoms with Crippen molar-refractivity contribution >= 4 is 28.6 Å². The molecule has 0 saturated heterocycles. The van der Waals surface area contributed by atoms with E-state index >= 15 is 0 Å². The van der Waals surface area contributed by atoms with Crippen LogP contribution in [0.1, 0.15) is 19.8 Å². The van der Waals surface area contributed by atoms with Gasteiger partial charge in [-0.2, -0.15) is 0 Å². The van der Waals surface area contributed by atoms with Gasteiger partial charge < -0.3 is 10.3 Å². The van der Waals surface area contributed by atoms with Crippen LogP contribution in [0.15, 0.2) is 18.2 Å². The summed E-state index contributed by atoms with van der Waals surface area (Å²) in [4.78, 5) is 4.36. The molecule has 1 saturated carbocycles. The number of fused-ring (bicyclic) bond motifs is 1. The highest BCUT2D eigenvalue weighted by Gasteiger charge is 2.28. The van der Waals surface area contributed by atoms with E-state index in [1.54, 1.807) is 0 Å². The van der Waals surface area contributed by atoms with Gasteiger partial charge >= 0.3 is 0 Å². The number of hydrogen-bond donors (Lipinski definition) is 1. The minimum atomic E-state index is 0.592. The number of nitrogens with two attached hydrogens (primary N) is 1. The zero-order valence-corrected chi connectivity index (χ0v) is 10.6. The molecule has 0 aliphatic heterocycles. The fourth-order valence-electron chi connectivity index (χ4n) is 2.42. The van der Waals surface area contributed by atoms with E-state index in [4.69, 9.17) is 17.3 Å². The highest BCUT2D eigenvalue weighted by atomic mass is 35.5. The van der Waals surface area contributed by atoms with Crippen LogP contribution >= 0.6 is 11.6 Å². The smallest absolute Gasteiger partial charge is 0.201 e. The molecule has 90 valence electrons. The lowest BCUT2D eigenvalue weighted by Gasteiger charge is -2.12. The Morgan fingerprint density at radius 1 is 1.53 bits per heavy atom. The maximum Gasteiger partial charge on any atom is 0.201 e. The Morgan fingerprint density at radius 3 is 3.00 bits per heavy atom. The van der Waals surface area contributed by atoms with Crippen LogP contribution in [-0.4, -0.2) is 9.55 Å². The largest absolute Gasteiger partial charge is 0.369 e. The monoisotopic (exact) mass is 249 g/mol. The van der Waals surface area contributed by atoms with E-state index in [1.807, 2.05) is 18.2 Å². The first-order chi connectivity index (χ1) is 8.15. The molecule has 2 aromatic rings.